The summed E-state index contributed by atoms with van der Waals surface area (Å²) in [6, 6.07) is 130. The summed E-state index contributed by atoms with van der Waals surface area (Å²) < 4.78 is 17.1. The first-order chi connectivity index (χ1) is 62.8. The fourth-order valence-electron chi connectivity index (χ4n) is 22.2. The minimum absolute atomic E-state index is 0.00197. The monoisotopic (exact) mass is 1680 g/mol. The third kappa shape index (κ3) is 13.1. The van der Waals surface area contributed by atoms with Gasteiger partial charge in [0.1, 0.15) is 22.3 Å². The van der Waals surface area contributed by atoms with E-state index in [4.69, 9.17) is 8.83 Å². The van der Waals surface area contributed by atoms with Crippen LogP contribution >= 0.6 is 0 Å². The van der Waals surface area contributed by atoms with Crippen molar-refractivity contribution in [2.24, 2.45) is 0 Å². The predicted octanol–water partition coefficient (Wildman–Crippen LogP) is 35.5. The highest BCUT2D eigenvalue weighted by atomic mass is 16.3. The maximum Gasteiger partial charge on any atom is 0.143 e. The highest BCUT2D eigenvalue weighted by Crippen LogP contribution is 2.56. The highest BCUT2D eigenvalue weighted by Gasteiger charge is 2.41. The molecular formula is C126H110N2O2. The summed E-state index contributed by atoms with van der Waals surface area (Å²) >= 11 is 0. The molecule has 130 heavy (non-hydrogen) atoms. The summed E-state index contributed by atoms with van der Waals surface area (Å²) in [5, 5.41) is 9.91. The lowest BCUT2D eigenvalue weighted by Gasteiger charge is -2.23. The smallest absolute Gasteiger partial charge is 0.143 e. The third-order valence-electron chi connectivity index (χ3n) is 29.7. The number of furan rings is 2. The minimum atomic E-state index is -0.0205. The standard InChI is InChI=1S/C36H31N.C30H27N.2C30H26O/c1-23(2)24-14-17-28-29-18-15-26(22-33(29)36(3,4)32(28)21-24)25-16-19-35-31(20-25)30-12-8-9-13-34(30)37(35)27-10-6-5-7-11-27;1-19(2)20-13-15-22-23-16-14-21(18-27(23)30(3,4)26(22)17-20)31-28-11-7-5-9-24(28)25-10-6-8-12-29(25)31;1-18(2)19-12-14-22-23-15-13-20(17-27(23)30(3,4)26(22)16-19)21-9-7-10-25-24-8-5-6-11-28(24)31-29(21)25;1-18(2)19-9-12-22-23-13-10-21(17-27(23)30(3,4)26(22)16-19)20-11-14-29-25(15-20)24-7-5-6-8-28(24)31-29/h5-23H,1-4H3;5-19H,1-4H3;2*5-18H,1-4H3. The van der Waals surface area contributed by atoms with Gasteiger partial charge in [0.2, 0.25) is 0 Å². The topological polar surface area (TPSA) is 36.1 Å². The number of hydrogen-bond acceptors (Lipinski definition) is 2. The van der Waals surface area contributed by atoms with Crippen LogP contribution in [0, 0.1) is 0 Å². The summed E-state index contributed by atoms with van der Waals surface area (Å²) in [4.78, 5) is 0. The number of para-hydroxylation sites is 7. The van der Waals surface area contributed by atoms with Crippen LogP contribution in [0.3, 0.4) is 0 Å². The summed E-state index contributed by atoms with van der Waals surface area (Å²) in [5.41, 5.74) is 46.7. The Morgan fingerprint density at radius 3 is 0.946 bits per heavy atom. The van der Waals surface area contributed by atoms with Gasteiger partial charge in [-0.05, 0) is 260 Å². The van der Waals surface area contributed by atoms with E-state index in [0.29, 0.717) is 23.7 Å². The molecule has 0 fully saturated rings. The van der Waals surface area contributed by atoms with E-state index in [2.05, 4.69) is 447 Å². The van der Waals surface area contributed by atoms with Gasteiger partial charge in [0.15, 0.2) is 0 Å². The molecule has 4 heterocycles. The van der Waals surface area contributed by atoms with Gasteiger partial charge < -0.3 is 18.0 Å². The van der Waals surface area contributed by atoms with E-state index in [9.17, 15) is 0 Å². The molecule has 4 aliphatic rings. The van der Waals surface area contributed by atoms with E-state index in [-0.39, 0.29) is 21.7 Å². The van der Waals surface area contributed by atoms with Gasteiger partial charge >= 0.3 is 0 Å². The van der Waals surface area contributed by atoms with E-state index in [1.165, 1.54) is 216 Å². The average molecular weight is 1680 g/mol. The van der Waals surface area contributed by atoms with Crippen molar-refractivity contribution < 1.29 is 8.83 Å². The molecule has 636 valence electrons. The molecule has 17 aromatic carbocycles. The summed E-state index contributed by atoms with van der Waals surface area (Å²) in [6.45, 7) is 37.1. The van der Waals surface area contributed by atoms with Crippen LogP contribution in [-0.2, 0) is 21.7 Å². The lowest BCUT2D eigenvalue weighted by molar-refractivity contribution is 0.657. The Morgan fingerprint density at radius 2 is 0.492 bits per heavy atom. The average Bonchev–Trinajstić information content (AvgIpc) is 1.57. The van der Waals surface area contributed by atoms with Crippen molar-refractivity contribution in [2.75, 3.05) is 0 Å². The van der Waals surface area contributed by atoms with Crippen LogP contribution in [0.25, 0.3) is 177 Å². The first-order valence-corrected chi connectivity index (χ1v) is 46.9. The van der Waals surface area contributed by atoms with E-state index < -0.39 is 0 Å². The van der Waals surface area contributed by atoms with E-state index in [1.54, 1.807) is 0 Å². The Hall–Kier alpha value is -14.1. The van der Waals surface area contributed by atoms with Gasteiger partial charge in [-0.2, -0.15) is 0 Å². The van der Waals surface area contributed by atoms with Gasteiger partial charge in [0.05, 0.1) is 22.1 Å². The molecule has 0 spiro atoms. The van der Waals surface area contributed by atoms with Crippen LogP contribution in [-0.4, -0.2) is 9.13 Å². The molecule has 0 atom stereocenters. The summed E-state index contributed by atoms with van der Waals surface area (Å²) in [7, 11) is 0. The normalized spacial score (nSPS) is 14.2. The number of benzene rings is 17. The number of hydrogen-bond donors (Lipinski definition) is 0. The molecule has 4 aromatic heterocycles. The molecule has 25 rings (SSSR count). The van der Waals surface area contributed by atoms with Crippen molar-refractivity contribution >= 4 is 87.5 Å². The van der Waals surface area contributed by atoms with Crippen LogP contribution in [0.1, 0.15) is 201 Å². The van der Waals surface area contributed by atoms with E-state index in [0.717, 1.165) is 27.9 Å². The van der Waals surface area contributed by atoms with E-state index in [1.807, 2.05) is 24.3 Å². The lowest BCUT2D eigenvalue weighted by Crippen LogP contribution is -2.15. The Morgan fingerprint density at radius 1 is 0.192 bits per heavy atom. The number of rotatable bonds is 9. The second-order valence-corrected chi connectivity index (χ2v) is 40.2. The first kappa shape index (κ1) is 81.7. The molecule has 0 amide bonds. The Labute approximate surface area is 764 Å². The molecule has 0 saturated carbocycles. The van der Waals surface area contributed by atoms with Crippen LogP contribution in [0.4, 0.5) is 0 Å². The fraction of sp³-hybridized carbons (Fsp3) is 0.190. The zero-order chi connectivity index (χ0) is 89.3. The number of aromatic nitrogens is 2. The third-order valence-corrected chi connectivity index (χ3v) is 29.7. The van der Waals surface area contributed by atoms with Crippen LogP contribution in [0.15, 0.2) is 361 Å². The van der Waals surface area contributed by atoms with E-state index >= 15 is 0 Å². The maximum atomic E-state index is 6.31. The van der Waals surface area contributed by atoms with Crippen molar-refractivity contribution in [1.29, 1.82) is 0 Å². The van der Waals surface area contributed by atoms with Gasteiger partial charge in [-0.15, -0.1) is 0 Å². The summed E-state index contributed by atoms with van der Waals surface area (Å²) in [5.74, 6) is 2.14. The summed E-state index contributed by atoms with van der Waals surface area (Å²) in [6.07, 6.45) is 0. The molecule has 4 heteroatoms. The zero-order valence-corrected chi connectivity index (χ0v) is 77.5. The molecule has 0 radical (unpaired) electrons. The largest absolute Gasteiger partial charge is 0.456 e. The quantitative estimate of drug-likeness (QED) is 0.144. The molecule has 21 aromatic rings. The molecule has 4 aliphatic carbocycles. The first-order valence-electron chi connectivity index (χ1n) is 46.9. The van der Waals surface area contributed by atoms with Gasteiger partial charge in [-0.1, -0.05) is 366 Å². The van der Waals surface area contributed by atoms with Crippen molar-refractivity contribution in [3.8, 4) is 89.3 Å². The molecule has 4 nitrogen and oxygen atoms in total. The second-order valence-electron chi connectivity index (χ2n) is 40.2. The second kappa shape index (κ2) is 30.8. The predicted molar refractivity (Wildman–Crippen MR) is 552 cm³/mol. The van der Waals surface area contributed by atoms with Crippen LogP contribution in [0.5, 0.6) is 0 Å². The van der Waals surface area contributed by atoms with Gasteiger partial charge in [0.25, 0.3) is 0 Å². The zero-order valence-electron chi connectivity index (χ0n) is 77.5. The number of nitrogens with zero attached hydrogens (tertiary/aromatic N) is 2. The van der Waals surface area contributed by atoms with Crippen molar-refractivity contribution in [3.63, 3.8) is 0 Å². The molecule has 0 N–H and O–H groups in total. The fourth-order valence-corrected chi connectivity index (χ4v) is 22.2. The minimum Gasteiger partial charge on any atom is -0.456 e. The van der Waals surface area contributed by atoms with Gasteiger partial charge in [-0.25, -0.2) is 0 Å². The molecular weight excluding hydrogens is 1570 g/mol. The van der Waals surface area contributed by atoms with Gasteiger partial charge in [-0.3, -0.25) is 0 Å². The Kier molecular flexibility index (Phi) is 19.4. The SMILES string of the molecule is CC(C)c1ccc2c(c1)C(C)(C)c1cc(-c3ccc4c(c3)c3ccccc3n4-c3ccccc3)ccc1-2.CC(C)c1ccc2c(c1)C(C)(C)c1cc(-c3ccc4oc5ccccc5c4c3)ccc1-2.CC(C)c1ccc2c(c1)C(C)(C)c1cc(-c3cccc4c3oc3ccccc34)ccc1-2.CC(C)c1ccc2c(c1)C(C)(C)c1cc(-n3c4ccccc4c4ccccc43)ccc1-2. The molecule has 0 unspecified atom stereocenters. The lowest BCUT2D eigenvalue weighted by atomic mass is 9.80. The van der Waals surface area contributed by atoms with Gasteiger partial charge in [0, 0.05) is 81.7 Å². The molecule has 0 aliphatic heterocycles. The molecule has 0 bridgehead atoms. The van der Waals surface area contributed by atoms with Crippen LogP contribution in [0.2, 0.25) is 0 Å². The van der Waals surface area contributed by atoms with Crippen molar-refractivity contribution in [3.05, 3.63) is 419 Å². The Balaban J connectivity index is 0.000000102. The van der Waals surface area contributed by atoms with Crippen molar-refractivity contribution in [2.45, 2.75) is 156 Å². The highest BCUT2D eigenvalue weighted by molar-refractivity contribution is 6.13. The van der Waals surface area contributed by atoms with Crippen molar-refractivity contribution in [1.82, 2.24) is 9.13 Å². The Bertz CT molecular complexity index is 8100. The van der Waals surface area contributed by atoms with Crippen LogP contribution < -0.4 is 0 Å². The molecule has 0 saturated heterocycles. The maximum absolute atomic E-state index is 6.31. The number of fused-ring (bicyclic) bond motifs is 24.